The zero-order valence-electron chi connectivity index (χ0n) is 14.2. The molecule has 2 aromatic rings. The summed E-state index contributed by atoms with van der Waals surface area (Å²) in [6.45, 7) is 0. The van der Waals surface area contributed by atoms with Crippen molar-refractivity contribution in [2.45, 2.75) is 17.9 Å². The highest BCUT2D eigenvalue weighted by molar-refractivity contribution is 8.27. The Kier molecular flexibility index (Phi) is 5.79. The van der Waals surface area contributed by atoms with Crippen molar-refractivity contribution in [3.63, 3.8) is 0 Å². The van der Waals surface area contributed by atoms with Crippen molar-refractivity contribution in [3.8, 4) is 11.3 Å². The lowest BCUT2D eigenvalue weighted by atomic mass is 10.00. The highest BCUT2D eigenvalue weighted by Crippen LogP contribution is 2.38. The van der Waals surface area contributed by atoms with Crippen LogP contribution in [0.5, 0.6) is 0 Å². The third kappa shape index (κ3) is 4.55. The number of hydrogen-bond acceptors (Lipinski definition) is 8. The molecule has 1 fully saturated rings. The number of carbonyl (C=O) groups is 2. The maximum atomic E-state index is 12.5. The number of primary sulfonamides is 1. The second-order valence-corrected chi connectivity index (χ2v) is 9.20. The summed E-state index contributed by atoms with van der Waals surface area (Å²) >= 11 is 6.33. The normalized spacial score (nSPS) is 18.8. The lowest BCUT2D eigenvalue weighted by molar-refractivity contribution is -0.137. The van der Waals surface area contributed by atoms with Gasteiger partial charge in [0.1, 0.15) is 11.5 Å². The number of aromatic nitrogens is 1. The molecule has 1 saturated heterocycles. The number of hydrogen-bond donors (Lipinski definition) is 2. The van der Waals surface area contributed by atoms with Crippen LogP contribution in [0, 0.1) is 5.92 Å². The van der Waals surface area contributed by atoms with Gasteiger partial charge < -0.3 is 9.52 Å². The predicted octanol–water partition coefficient (Wildman–Crippen LogP) is 2.45. The summed E-state index contributed by atoms with van der Waals surface area (Å²) in [5.41, 5.74) is 0.539. The number of aliphatic carboxylic acids is 1. The van der Waals surface area contributed by atoms with E-state index in [0.29, 0.717) is 26.2 Å². The molecule has 0 saturated carbocycles. The van der Waals surface area contributed by atoms with Crippen LogP contribution in [0.2, 0.25) is 0 Å². The van der Waals surface area contributed by atoms with Gasteiger partial charge in [-0.05, 0) is 36.8 Å². The van der Waals surface area contributed by atoms with Gasteiger partial charge in [-0.1, -0.05) is 24.0 Å². The second-order valence-electron chi connectivity index (χ2n) is 5.91. The molecule has 8 nitrogen and oxygen atoms in total. The lowest BCUT2D eigenvalue weighted by Crippen LogP contribution is -2.14. The molecular formula is C17H14N2O6S3. The molecule has 3 rings (SSSR count). The number of nitrogens with two attached hydrogens (primary N) is 1. The number of thiocarbonyl (C=S) groups is 1. The minimum atomic E-state index is -3.88. The molecule has 2 aromatic heterocycles. The molecule has 0 radical (unpaired) electrons. The SMILES string of the molecule is NS(=O)(=O)c1ccc(-c2ccc(C=C3SC(=S)C(CCC(=O)O)C3=O)o2)cn1. The monoisotopic (exact) mass is 438 g/mol. The van der Waals surface area contributed by atoms with Gasteiger partial charge in [-0.2, -0.15) is 0 Å². The van der Waals surface area contributed by atoms with Crippen molar-refractivity contribution in [2.75, 3.05) is 0 Å². The van der Waals surface area contributed by atoms with Crippen LogP contribution in [0.15, 0.2) is 44.8 Å². The van der Waals surface area contributed by atoms with Crippen molar-refractivity contribution >= 4 is 56.0 Å². The Morgan fingerprint density at radius 1 is 1.36 bits per heavy atom. The van der Waals surface area contributed by atoms with E-state index in [0.717, 1.165) is 11.8 Å². The second kappa shape index (κ2) is 7.95. The standard InChI is InChI=1S/C17H14N2O6S3/c18-28(23,24)14-5-1-9(8-19-14)12-4-2-10(25-12)7-13-16(22)11(17(26)27-13)3-6-15(20)21/h1-2,4-5,7-8,11H,3,6H2,(H,20,21)(H2,18,23,24). The minimum absolute atomic E-state index is 0.128. The van der Waals surface area contributed by atoms with Crippen molar-refractivity contribution in [1.29, 1.82) is 0 Å². The number of pyridine rings is 1. The van der Waals surface area contributed by atoms with Crippen LogP contribution in [0.25, 0.3) is 17.4 Å². The fourth-order valence-electron chi connectivity index (χ4n) is 2.54. The average Bonchev–Trinajstić information content (AvgIpc) is 3.18. The molecular weight excluding hydrogens is 424 g/mol. The molecule has 0 spiro atoms. The van der Waals surface area contributed by atoms with Gasteiger partial charge in [-0.15, -0.1) is 0 Å². The van der Waals surface area contributed by atoms with Crippen LogP contribution in [-0.2, 0) is 19.6 Å². The molecule has 1 unspecified atom stereocenters. The Balaban J connectivity index is 1.78. The number of sulfonamides is 1. The highest BCUT2D eigenvalue weighted by Gasteiger charge is 2.35. The summed E-state index contributed by atoms with van der Waals surface area (Å²) in [6.07, 6.45) is 2.91. The van der Waals surface area contributed by atoms with E-state index in [9.17, 15) is 18.0 Å². The third-order valence-corrected chi connectivity index (χ3v) is 6.30. The molecule has 1 aliphatic heterocycles. The third-order valence-electron chi connectivity index (χ3n) is 3.91. The number of carbonyl (C=O) groups excluding carboxylic acids is 1. The number of carboxylic acids is 1. The summed E-state index contributed by atoms with van der Waals surface area (Å²) in [5, 5.41) is 13.5. The van der Waals surface area contributed by atoms with Gasteiger partial charge >= 0.3 is 5.97 Å². The van der Waals surface area contributed by atoms with E-state index in [1.54, 1.807) is 18.2 Å². The Hall–Kier alpha value is -2.34. The smallest absolute Gasteiger partial charge is 0.303 e. The number of ketones is 1. The molecule has 0 bridgehead atoms. The van der Waals surface area contributed by atoms with E-state index in [-0.39, 0.29) is 23.7 Å². The van der Waals surface area contributed by atoms with E-state index in [1.165, 1.54) is 18.3 Å². The fourth-order valence-corrected chi connectivity index (χ4v) is 4.49. The predicted molar refractivity (Wildman–Crippen MR) is 107 cm³/mol. The van der Waals surface area contributed by atoms with Crippen LogP contribution in [0.4, 0.5) is 0 Å². The minimum Gasteiger partial charge on any atom is -0.481 e. The Labute approximate surface area is 169 Å². The first-order chi connectivity index (χ1) is 13.1. The van der Waals surface area contributed by atoms with Gasteiger partial charge in [0.05, 0.1) is 15.0 Å². The Morgan fingerprint density at radius 3 is 2.71 bits per heavy atom. The molecule has 0 aromatic carbocycles. The summed E-state index contributed by atoms with van der Waals surface area (Å²) in [5.74, 6) is -0.945. The van der Waals surface area contributed by atoms with Crippen molar-refractivity contribution in [2.24, 2.45) is 11.1 Å². The first-order valence-electron chi connectivity index (χ1n) is 7.93. The molecule has 0 aliphatic carbocycles. The maximum absolute atomic E-state index is 12.5. The molecule has 1 atom stereocenters. The highest BCUT2D eigenvalue weighted by atomic mass is 32.2. The van der Waals surface area contributed by atoms with E-state index < -0.39 is 21.9 Å². The van der Waals surface area contributed by atoms with E-state index in [1.807, 2.05) is 0 Å². The molecule has 146 valence electrons. The van der Waals surface area contributed by atoms with Gasteiger partial charge in [0, 0.05) is 18.2 Å². The molecule has 1 aliphatic rings. The average molecular weight is 439 g/mol. The van der Waals surface area contributed by atoms with Crippen LogP contribution < -0.4 is 5.14 Å². The van der Waals surface area contributed by atoms with Gasteiger partial charge in [0.2, 0.25) is 0 Å². The molecule has 28 heavy (non-hydrogen) atoms. The van der Waals surface area contributed by atoms with Crippen LogP contribution in [0.1, 0.15) is 18.6 Å². The van der Waals surface area contributed by atoms with E-state index >= 15 is 0 Å². The Morgan fingerprint density at radius 2 is 2.11 bits per heavy atom. The number of rotatable bonds is 6. The van der Waals surface area contributed by atoms with Gasteiger partial charge in [0.15, 0.2) is 10.8 Å². The zero-order chi connectivity index (χ0) is 20.5. The number of Topliss-reactive ketones (excluding diaryl/α,β-unsaturated/α-hetero) is 1. The van der Waals surface area contributed by atoms with E-state index in [4.69, 9.17) is 26.9 Å². The number of carboxylic acid groups (broad SMARTS) is 1. The van der Waals surface area contributed by atoms with Crippen molar-refractivity contribution in [1.82, 2.24) is 4.98 Å². The van der Waals surface area contributed by atoms with Crippen LogP contribution >= 0.6 is 24.0 Å². The summed E-state index contributed by atoms with van der Waals surface area (Å²) in [6, 6.07) is 6.09. The van der Waals surface area contributed by atoms with Crippen molar-refractivity contribution < 1.29 is 27.5 Å². The first-order valence-corrected chi connectivity index (χ1v) is 10.7. The molecule has 11 heteroatoms. The van der Waals surface area contributed by atoms with Gasteiger partial charge in [-0.25, -0.2) is 18.5 Å². The van der Waals surface area contributed by atoms with Crippen LogP contribution in [-0.4, -0.2) is 34.5 Å². The Bertz CT molecular complexity index is 1090. The fraction of sp³-hybridized carbons (Fsp3) is 0.176. The van der Waals surface area contributed by atoms with Crippen molar-refractivity contribution in [3.05, 3.63) is 41.1 Å². The van der Waals surface area contributed by atoms with E-state index in [2.05, 4.69) is 4.98 Å². The number of thioether (sulfide) groups is 1. The topological polar surface area (TPSA) is 141 Å². The van der Waals surface area contributed by atoms with Crippen LogP contribution in [0.3, 0.4) is 0 Å². The zero-order valence-corrected chi connectivity index (χ0v) is 16.6. The summed E-state index contributed by atoms with van der Waals surface area (Å²) in [7, 11) is -3.88. The quantitative estimate of drug-likeness (QED) is 0.514. The maximum Gasteiger partial charge on any atom is 0.303 e. The number of nitrogens with zero attached hydrogens (tertiary/aromatic N) is 1. The van der Waals surface area contributed by atoms with Gasteiger partial charge in [-0.3, -0.25) is 9.59 Å². The lowest BCUT2D eigenvalue weighted by Gasteiger charge is -2.03. The molecule has 3 N–H and O–H groups in total. The summed E-state index contributed by atoms with van der Waals surface area (Å²) in [4.78, 5) is 27.4. The first kappa shape index (κ1) is 20.4. The summed E-state index contributed by atoms with van der Waals surface area (Å²) < 4.78 is 28.6. The largest absolute Gasteiger partial charge is 0.481 e. The molecule has 3 heterocycles. The number of furan rings is 1. The molecule has 0 amide bonds. The number of allylic oxidation sites excluding steroid dienone is 1. The van der Waals surface area contributed by atoms with Gasteiger partial charge in [0.25, 0.3) is 10.0 Å².